The highest BCUT2D eigenvalue weighted by Gasteiger charge is 2.17. The molecule has 0 saturated heterocycles. The SMILES string of the molecule is CCOC(=O)CCNc1nc2c([N+](=O)[O-])cccc2o1. The van der Waals surface area contributed by atoms with Crippen LogP contribution in [0, 0.1) is 10.1 Å². The number of fused-ring (bicyclic) bond motifs is 1. The van der Waals surface area contributed by atoms with Gasteiger partial charge in [-0.15, -0.1) is 0 Å². The first-order valence-electron chi connectivity index (χ1n) is 6.05. The number of ether oxygens (including phenoxy) is 1. The fraction of sp³-hybridized carbons (Fsp3) is 0.333. The molecule has 20 heavy (non-hydrogen) atoms. The molecule has 0 fully saturated rings. The Kier molecular flexibility index (Phi) is 4.14. The number of para-hydroxylation sites is 1. The van der Waals surface area contributed by atoms with Gasteiger partial charge in [0.05, 0.1) is 18.0 Å². The number of hydrogen-bond donors (Lipinski definition) is 1. The lowest BCUT2D eigenvalue weighted by Crippen LogP contribution is -2.11. The molecule has 1 aromatic carbocycles. The van der Waals surface area contributed by atoms with Crippen LogP contribution in [0.15, 0.2) is 22.6 Å². The molecule has 0 spiro atoms. The van der Waals surface area contributed by atoms with Gasteiger partial charge < -0.3 is 14.5 Å². The summed E-state index contributed by atoms with van der Waals surface area (Å²) in [5.74, 6) is -0.331. The number of nitrogens with one attached hydrogen (secondary N) is 1. The van der Waals surface area contributed by atoms with Gasteiger partial charge in [0.2, 0.25) is 0 Å². The van der Waals surface area contributed by atoms with Gasteiger partial charge >= 0.3 is 5.97 Å². The minimum absolute atomic E-state index is 0.121. The number of esters is 1. The van der Waals surface area contributed by atoms with E-state index in [0.29, 0.717) is 12.2 Å². The molecule has 8 nitrogen and oxygen atoms in total. The quantitative estimate of drug-likeness (QED) is 0.490. The fourth-order valence-electron chi connectivity index (χ4n) is 1.66. The first kappa shape index (κ1) is 13.8. The zero-order valence-corrected chi connectivity index (χ0v) is 10.8. The predicted molar refractivity (Wildman–Crippen MR) is 70.4 cm³/mol. The zero-order valence-electron chi connectivity index (χ0n) is 10.8. The second kappa shape index (κ2) is 6.00. The van der Waals surface area contributed by atoms with Crippen LogP contribution in [-0.2, 0) is 9.53 Å². The van der Waals surface area contributed by atoms with Crippen molar-refractivity contribution in [3.8, 4) is 0 Å². The average Bonchev–Trinajstić information content (AvgIpc) is 2.81. The molecule has 8 heteroatoms. The molecule has 1 heterocycles. The molecule has 0 unspecified atom stereocenters. The van der Waals surface area contributed by atoms with Crippen molar-refractivity contribution >= 4 is 28.8 Å². The van der Waals surface area contributed by atoms with E-state index in [2.05, 4.69) is 10.3 Å². The van der Waals surface area contributed by atoms with E-state index in [1.165, 1.54) is 12.1 Å². The second-order valence-corrected chi connectivity index (χ2v) is 3.88. The molecule has 0 atom stereocenters. The zero-order chi connectivity index (χ0) is 14.5. The molecule has 0 bridgehead atoms. The number of benzene rings is 1. The van der Waals surface area contributed by atoms with Crippen molar-refractivity contribution in [3.05, 3.63) is 28.3 Å². The number of nitrogens with zero attached hydrogens (tertiary/aromatic N) is 2. The van der Waals surface area contributed by atoms with E-state index in [-0.39, 0.29) is 36.2 Å². The third-order valence-corrected chi connectivity index (χ3v) is 2.51. The lowest BCUT2D eigenvalue weighted by atomic mass is 10.3. The van der Waals surface area contributed by atoms with Gasteiger partial charge in [0.15, 0.2) is 11.1 Å². The van der Waals surface area contributed by atoms with Gasteiger partial charge in [0, 0.05) is 12.6 Å². The van der Waals surface area contributed by atoms with Crippen molar-refractivity contribution in [2.75, 3.05) is 18.5 Å². The number of nitro benzene ring substituents is 1. The van der Waals surface area contributed by atoms with Gasteiger partial charge in [-0.3, -0.25) is 14.9 Å². The molecule has 0 aliphatic carbocycles. The molecular formula is C12H13N3O5. The standard InChI is InChI=1S/C12H13N3O5/c1-2-19-10(16)6-7-13-12-14-11-8(15(17)18)4-3-5-9(11)20-12/h3-5H,2,6-7H2,1H3,(H,13,14). The minimum atomic E-state index is -0.521. The second-order valence-electron chi connectivity index (χ2n) is 3.88. The van der Waals surface area contributed by atoms with Gasteiger partial charge in [0.25, 0.3) is 11.7 Å². The van der Waals surface area contributed by atoms with E-state index in [4.69, 9.17) is 9.15 Å². The number of anilines is 1. The van der Waals surface area contributed by atoms with Gasteiger partial charge in [-0.2, -0.15) is 4.98 Å². The van der Waals surface area contributed by atoms with Crippen LogP contribution in [-0.4, -0.2) is 29.0 Å². The number of nitro groups is 1. The normalized spacial score (nSPS) is 10.4. The first-order chi connectivity index (χ1) is 9.61. The summed E-state index contributed by atoms with van der Waals surface area (Å²) < 4.78 is 10.1. The maximum Gasteiger partial charge on any atom is 0.307 e. The van der Waals surface area contributed by atoms with Gasteiger partial charge in [0.1, 0.15) is 0 Å². The van der Waals surface area contributed by atoms with Crippen molar-refractivity contribution in [3.63, 3.8) is 0 Å². The Balaban J connectivity index is 2.07. The maximum absolute atomic E-state index is 11.1. The Morgan fingerprint density at radius 3 is 3.05 bits per heavy atom. The number of rotatable bonds is 6. The Bertz CT molecular complexity index is 637. The van der Waals surface area contributed by atoms with E-state index in [1.54, 1.807) is 13.0 Å². The first-order valence-corrected chi connectivity index (χ1v) is 6.05. The Morgan fingerprint density at radius 1 is 1.55 bits per heavy atom. The van der Waals surface area contributed by atoms with Crippen LogP contribution in [0.2, 0.25) is 0 Å². The highest BCUT2D eigenvalue weighted by atomic mass is 16.6. The van der Waals surface area contributed by atoms with Gasteiger partial charge in [-0.1, -0.05) is 6.07 Å². The highest BCUT2D eigenvalue weighted by molar-refractivity contribution is 5.84. The summed E-state index contributed by atoms with van der Waals surface area (Å²) in [6.45, 7) is 2.33. The molecule has 1 N–H and O–H groups in total. The third kappa shape index (κ3) is 3.02. The Labute approximate surface area is 113 Å². The summed E-state index contributed by atoms with van der Waals surface area (Å²) in [4.78, 5) is 25.5. The third-order valence-electron chi connectivity index (χ3n) is 2.51. The smallest absolute Gasteiger partial charge is 0.307 e. The minimum Gasteiger partial charge on any atom is -0.466 e. The fourth-order valence-corrected chi connectivity index (χ4v) is 1.66. The monoisotopic (exact) mass is 279 g/mol. The van der Waals surface area contributed by atoms with E-state index in [9.17, 15) is 14.9 Å². The number of aromatic nitrogens is 1. The van der Waals surface area contributed by atoms with Crippen LogP contribution in [0.3, 0.4) is 0 Å². The molecule has 0 radical (unpaired) electrons. The van der Waals surface area contributed by atoms with Gasteiger partial charge in [-0.05, 0) is 13.0 Å². The van der Waals surface area contributed by atoms with E-state index < -0.39 is 4.92 Å². The number of carbonyl (C=O) groups excluding carboxylic acids is 1. The van der Waals surface area contributed by atoms with Crippen molar-refractivity contribution in [1.29, 1.82) is 0 Å². The van der Waals surface area contributed by atoms with Crippen molar-refractivity contribution < 1.29 is 18.9 Å². The highest BCUT2D eigenvalue weighted by Crippen LogP contribution is 2.27. The van der Waals surface area contributed by atoms with Crippen molar-refractivity contribution in [2.45, 2.75) is 13.3 Å². The van der Waals surface area contributed by atoms with Crippen molar-refractivity contribution in [1.82, 2.24) is 4.98 Å². The molecular weight excluding hydrogens is 266 g/mol. The number of oxazole rings is 1. The predicted octanol–water partition coefficient (Wildman–Crippen LogP) is 2.10. The number of hydrogen-bond acceptors (Lipinski definition) is 7. The van der Waals surface area contributed by atoms with Crippen LogP contribution >= 0.6 is 0 Å². The molecule has 106 valence electrons. The van der Waals surface area contributed by atoms with Gasteiger partial charge in [-0.25, -0.2) is 0 Å². The molecule has 0 amide bonds. The van der Waals surface area contributed by atoms with E-state index in [0.717, 1.165) is 0 Å². The molecule has 2 rings (SSSR count). The lowest BCUT2D eigenvalue weighted by molar-refractivity contribution is -0.383. The molecule has 1 aromatic heterocycles. The molecule has 0 aliphatic heterocycles. The molecule has 0 saturated carbocycles. The van der Waals surface area contributed by atoms with Crippen LogP contribution < -0.4 is 5.32 Å². The summed E-state index contributed by atoms with van der Waals surface area (Å²) in [5, 5.41) is 13.6. The van der Waals surface area contributed by atoms with Crippen molar-refractivity contribution in [2.24, 2.45) is 0 Å². The summed E-state index contributed by atoms with van der Waals surface area (Å²) in [6.07, 6.45) is 0.161. The topological polar surface area (TPSA) is 108 Å². The van der Waals surface area contributed by atoms with Crippen LogP contribution in [0.1, 0.15) is 13.3 Å². The lowest BCUT2D eigenvalue weighted by Gasteiger charge is -2.01. The summed E-state index contributed by atoms with van der Waals surface area (Å²) in [5.41, 5.74) is 0.374. The molecule has 0 aliphatic rings. The Hall–Kier alpha value is -2.64. The maximum atomic E-state index is 11.1. The average molecular weight is 279 g/mol. The van der Waals surface area contributed by atoms with E-state index >= 15 is 0 Å². The number of non-ortho nitro benzene ring substituents is 1. The van der Waals surface area contributed by atoms with E-state index in [1.807, 2.05) is 0 Å². The van der Waals surface area contributed by atoms with Crippen LogP contribution in [0.5, 0.6) is 0 Å². The van der Waals surface area contributed by atoms with Crippen LogP contribution in [0.4, 0.5) is 11.7 Å². The summed E-state index contributed by atoms with van der Waals surface area (Å²) >= 11 is 0. The Morgan fingerprint density at radius 2 is 2.35 bits per heavy atom. The van der Waals surface area contributed by atoms with Crippen LogP contribution in [0.25, 0.3) is 11.1 Å². The molecule has 2 aromatic rings. The summed E-state index contributed by atoms with van der Waals surface area (Å²) in [7, 11) is 0. The summed E-state index contributed by atoms with van der Waals surface area (Å²) in [6, 6.07) is 4.60. The largest absolute Gasteiger partial charge is 0.466 e. The number of carbonyl (C=O) groups is 1.